The zero-order chi connectivity index (χ0) is 13.7. The average Bonchev–Trinajstić information content (AvgIpc) is 2.99. The van der Waals surface area contributed by atoms with Crippen LogP contribution in [0.5, 0.6) is 0 Å². The van der Waals surface area contributed by atoms with E-state index in [9.17, 15) is 0 Å². The summed E-state index contributed by atoms with van der Waals surface area (Å²) in [5.74, 6) is 0. The van der Waals surface area contributed by atoms with Gasteiger partial charge in [-0.3, -0.25) is 0 Å². The van der Waals surface area contributed by atoms with Gasteiger partial charge in [-0.25, -0.2) is 12.1 Å². The molecule has 0 bridgehead atoms. The van der Waals surface area contributed by atoms with Gasteiger partial charge in [0.25, 0.3) is 0 Å². The van der Waals surface area contributed by atoms with Crippen LogP contribution in [0.15, 0.2) is 54.6 Å². The minimum atomic E-state index is -0.826. The Labute approximate surface area is 132 Å². The van der Waals surface area contributed by atoms with E-state index in [-0.39, 0.29) is 0 Å². The van der Waals surface area contributed by atoms with Gasteiger partial charge in [0, 0.05) is 0 Å². The first-order chi connectivity index (χ1) is 9.24. The summed E-state index contributed by atoms with van der Waals surface area (Å²) < 4.78 is 0. The molecule has 0 N–H and O–H groups in total. The molecule has 0 amide bonds. The Morgan fingerprint density at radius 1 is 1.16 bits per heavy atom. The monoisotopic (exact) mass is 366 g/mol. The van der Waals surface area contributed by atoms with Gasteiger partial charge in [0.05, 0.1) is 0 Å². The Hall–Kier alpha value is -0.357. The second-order valence-electron chi connectivity index (χ2n) is 4.49. The number of benzene rings is 1. The molecular formula is C16H14Cl2Zr. The molecular weight excluding hydrogens is 354 g/mol. The predicted octanol–water partition coefficient (Wildman–Crippen LogP) is 5.55. The topological polar surface area (TPSA) is 0 Å². The van der Waals surface area contributed by atoms with Crippen molar-refractivity contribution in [2.75, 3.05) is 0 Å². The minimum absolute atomic E-state index is 0.826. The fraction of sp³-hybridized carbons (Fsp3) is 0.125. The van der Waals surface area contributed by atoms with Crippen LogP contribution < -0.4 is 0 Å². The van der Waals surface area contributed by atoms with Crippen LogP contribution in [-0.4, -0.2) is 0 Å². The van der Waals surface area contributed by atoms with Crippen molar-refractivity contribution < 1.29 is 20.8 Å². The summed E-state index contributed by atoms with van der Waals surface area (Å²) in [6.07, 6.45) is 1.04. The Bertz CT molecular complexity index is 623. The number of hydrogen-bond donors (Lipinski definition) is 0. The Kier molecular flexibility index (Phi) is 5.88. The van der Waals surface area contributed by atoms with Crippen LogP contribution >= 0.6 is 17.0 Å². The predicted molar refractivity (Wildman–Crippen MR) is 80.8 cm³/mol. The molecule has 0 aromatic heterocycles. The van der Waals surface area contributed by atoms with Crippen molar-refractivity contribution >= 4 is 27.8 Å². The molecule has 19 heavy (non-hydrogen) atoms. The Balaban J connectivity index is 0.000000408. The summed E-state index contributed by atoms with van der Waals surface area (Å²) in [6, 6.07) is 19.7. The van der Waals surface area contributed by atoms with E-state index in [1.807, 2.05) is 0 Å². The summed E-state index contributed by atoms with van der Waals surface area (Å²) in [6.45, 7) is 2.16. The van der Waals surface area contributed by atoms with E-state index in [0.717, 1.165) is 6.42 Å². The van der Waals surface area contributed by atoms with Crippen molar-refractivity contribution in [1.82, 2.24) is 0 Å². The van der Waals surface area contributed by atoms with Crippen molar-refractivity contribution in [2.45, 2.75) is 13.3 Å². The Morgan fingerprint density at radius 2 is 1.84 bits per heavy atom. The number of rotatable bonds is 2. The van der Waals surface area contributed by atoms with E-state index in [1.54, 1.807) is 0 Å². The summed E-state index contributed by atoms with van der Waals surface area (Å²) >= 11 is -0.826. The Morgan fingerprint density at radius 3 is 2.53 bits per heavy atom. The molecule has 96 valence electrons. The standard InChI is InChI=1S/C16H14.2ClH.Zr/c1-12-9-14-7-4-8-15(16(14)10-12)11-13-5-2-3-6-13;;;/h2-10H,11H2,1H3;2*1H;/q-2;;;+4/p-2. The second kappa shape index (κ2) is 7.43. The molecule has 0 saturated carbocycles. The maximum absolute atomic E-state index is 4.93. The number of fused-ring (bicyclic) bond motifs is 1. The molecule has 0 radical (unpaired) electrons. The third-order valence-corrected chi connectivity index (χ3v) is 3.11. The SMILES string of the molecule is Cc1cc2cccc(C[c-]3cccc3)c2[cH-]1.[Cl][Zr+2][Cl]. The third-order valence-electron chi connectivity index (χ3n) is 3.11. The molecule has 0 saturated heterocycles. The van der Waals surface area contributed by atoms with Crippen LogP contribution in [0.4, 0.5) is 0 Å². The van der Waals surface area contributed by atoms with Gasteiger partial charge in [-0.2, -0.15) is 23.8 Å². The molecule has 0 unspecified atom stereocenters. The van der Waals surface area contributed by atoms with Crippen molar-refractivity contribution in [1.29, 1.82) is 0 Å². The second-order valence-corrected chi connectivity index (χ2v) is 8.23. The van der Waals surface area contributed by atoms with Crippen LogP contribution in [0.3, 0.4) is 0 Å². The molecule has 0 atom stereocenters. The number of hydrogen-bond acceptors (Lipinski definition) is 0. The van der Waals surface area contributed by atoms with Crippen LogP contribution in [0, 0.1) is 6.92 Å². The molecule has 3 rings (SSSR count). The van der Waals surface area contributed by atoms with Crippen LogP contribution in [0.1, 0.15) is 16.7 Å². The van der Waals surface area contributed by atoms with Crippen molar-refractivity contribution in [3.8, 4) is 0 Å². The summed E-state index contributed by atoms with van der Waals surface area (Å²) in [5.41, 5.74) is 4.17. The fourth-order valence-electron chi connectivity index (χ4n) is 2.36. The summed E-state index contributed by atoms with van der Waals surface area (Å²) in [5, 5.41) is 2.77. The first-order valence-corrected chi connectivity index (χ1v) is 12.4. The van der Waals surface area contributed by atoms with E-state index < -0.39 is 20.8 Å². The molecule has 3 aromatic rings. The first kappa shape index (κ1) is 15.0. The zero-order valence-corrected chi connectivity index (χ0v) is 14.6. The number of halogens is 2. The van der Waals surface area contributed by atoms with E-state index in [4.69, 9.17) is 17.0 Å². The molecule has 3 aromatic carbocycles. The average molecular weight is 368 g/mol. The zero-order valence-electron chi connectivity index (χ0n) is 10.7. The molecule has 3 heteroatoms. The van der Waals surface area contributed by atoms with E-state index >= 15 is 0 Å². The molecule has 0 fully saturated rings. The van der Waals surface area contributed by atoms with Gasteiger partial charge in [0.15, 0.2) is 0 Å². The molecule has 0 heterocycles. The summed E-state index contributed by atoms with van der Waals surface area (Å²) in [7, 11) is 9.87. The molecule has 0 aliphatic rings. The number of aryl methyl sites for hydroxylation is 1. The van der Waals surface area contributed by atoms with Gasteiger partial charge < -0.3 is 0 Å². The van der Waals surface area contributed by atoms with Gasteiger partial charge in [-0.05, 0) is 0 Å². The maximum atomic E-state index is 4.93. The van der Waals surface area contributed by atoms with Crippen molar-refractivity contribution in [2.24, 2.45) is 0 Å². The van der Waals surface area contributed by atoms with Gasteiger partial charge in [-0.15, -0.1) is 40.1 Å². The van der Waals surface area contributed by atoms with E-state index in [1.165, 1.54) is 27.5 Å². The molecule has 0 aliphatic carbocycles. The van der Waals surface area contributed by atoms with Crippen LogP contribution in [-0.2, 0) is 27.3 Å². The normalized spacial score (nSPS) is 9.84. The third kappa shape index (κ3) is 4.05. The molecule has 0 nitrogen and oxygen atoms in total. The van der Waals surface area contributed by atoms with Gasteiger partial charge in [0.2, 0.25) is 0 Å². The van der Waals surface area contributed by atoms with Crippen molar-refractivity contribution in [3.05, 3.63) is 71.3 Å². The van der Waals surface area contributed by atoms with Gasteiger partial charge in [-0.1, -0.05) is 19.4 Å². The molecule has 0 spiro atoms. The molecule has 0 aliphatic heterocycles. The fourth-order valence-corrected chi connectivity index (χ4v) is 2.36. The quantitative estimate of drug-likeness (QED) is 0.520. The van der Waals surface area contributed by atoms with E-state index in [0.29, 0.717) is 0 Å². The van der Waals surface area contributed by atoms with Crippen LogP contribution in [0.2, 0.25) is 0 Å². The first-order valence-electron chi connectivity index (χ1n) is 6.06. The van der Waals surface area contributed by atoms with Gasteiger partial charge in [0.1, 0.15) is 0 Å². The van der Waals surface area contributed by atoms with Crippen molar-refractivity contribution in [3.63, 3.8) is 0 Å². The summed E-state index contributed by atoms with van der Waals surface area (Å²) in [4.78, 5) is 0. The van der Waals surface area contributed by atoms with Crippen LogP contribution in [0.25, 0.3) is 10.8 Å². The van der Waals surface area contributed by atoms with E-state index in [2.05, 4.69) is 61.5 Å². The van der Waals surface area contributed by atoms with Gasteiger partial charge >= 0.3 is 37.9 Å².